The third-order valence-electron chi connectivity index (χ3n) is 2.99. The average Bonchev–Trinajstić information content (AvgIpc) is 1.90. The summed E-state index contributed by atoms with van der Waals surface area (Å²) in [6.45, 7) is 1.38. The molecule has 1 saturated carbocycles. The summed E-state index contributed by atoms with van der Waals surface area (Å²) >= 11 is 0. The quantitative estimate of drug-likeness (QED) is 0.474. The van der Waals surface area contributed by atoms with E-state index >= 15 is 0 Å². The van der Waals surface area contributed by atoms with Crippen molar-refractivity contribution < 1.29 is 0 Å². The highest BCUT2D eigenvalue weighted by Crippen LogP contribution is 2.33. The van der Waals surface area contributed by atoms with Gasteiger partial charge >= 0.3 is 0 Å². The topological polar surface area (TPSA) is 3.24 Å². The zero-order valence-electron chi connectivity index (χ0n) is 6.14. The molecule has 0 unspecified atom stereocenters. The van der Waals surface area contributed by atoms with Crippen molar-refractivity contribution in [2.75, 3.05) is 13.6 Å². The lowest BCUT2D eigenvalue weighted by molar-refractivity contribution is 0.0727. The van der Waals surface area contributed by atoms with Gasteiger partial charge < -0.3 is 4.90 Å². The van der Waals surface area contributed by atoms with Crippen LogP contribution in [0.2, 0.25) is 0 Å². The number of hydrogen-bond donors (Lipinski definition) is 0. The average molecular weight is 125 g/mol. The monoisotopic (exact) mass is 125 g/mol. The van der Waals surface area contributed by atoms with Gasteiger partial charge in [-0.05, 0) is 38.6 Å². The van der Waals surface area contributed by atoms with E-state index in [-0.39, 0.29) is 0 Å². The Bertz CT molecular complexity index is 103. The fourth-order valence-corrected chi connectivity index (χ4v) is 2.32. The molecule has 1 aliphatic carbocycles. The van der Waals surface area contributed by atoms with Crippen molar-refractivity contribution in [1.29, 1.82) is 0 Å². The van der Waals surface area contributed by atoms with E-state index in [9.17, 15) is 0 Å². The van der Waals surface area contributed by atoms with Crippen LogP contribution in [0.1, 0.15) is 25.7 Å². The molecule has 3 aliphatic rings. The highest BCUT2D eigenvalue weighted by Gasteiger charge is 2.30. The van der Waals surface area contributed by atoms with Crippen molar-refractivity contribution in [3.8, 4) is 0 Å². The van der Waals surface area contributed by atoms with Gasteiger partial charge in [0.15, 0.2) is 0 Å². The van der Waals surface area contributed by atoms with Crippen LogP contribution in [-0.2, 0) is 0 Å². The van der Waals surface area contributed by atoms with Crippen molar-refractivity contribution >= 4 is 0 Å². The molecule has 3 fully saturated rings. The number of hydrogen-bond acceptors (Lipinski definition) is 1. The predicted octanol–water partition coefficient (Wildman–Crippen LogP) is 1.49. The molecule has 2 bridgehead atoms. The molecule has 1 heteroatoms. The Labute approximate surface area is 57.0 Å². The first-order chi connectivity index (χ1) is 4.36. The SMILES string of the molecule is CN1C[C@H]2CC[C@@H]1CC2. The first-order valence-electron chi connectivity index (χ1n) is 4.06. The van der Waals surface area contributed by atoms with Crippen molar-refractivity contribution in [3.05, 3.63) is 0 Å². The van der Waals surface area contributed by atoms with Crippen molar-refractivity contribution in [3.63, 3.8) is 0 Å². The summed E-state index contributed by atoms with van der Waals surface area (Å²) in [4.78, 5) is 2.54. The smallest absolute Gasteiger partial charge is 0.00925 e. The second-order valence-electron chi connectivity index (χ2n) is 3.61. The molecule has 2 saturated heterocycles. The third-order valence-corrected chi connectivity index (χ3v) is 2.99. The Hall–Kier alpha value is -0.0400. The molecular formula is C8H15N. The molecule has 2 heterocycles. The fraction of sp³-hybridized carbons (Fsp3) is 1.00. The number of fused-ring (bicyclic) bond motifs is 3. The van der Waals surface area contributed by atoms with Crippen LogP contribution in [0.25, 0.3) is 0 Å². The van der Waals surface area contributed by atoms with Gasteiger partial charge in [0, 0.05) is 12.6 Å². The van der Waals surface area contributed by atoms with Gasteiger partial charge in [-0.15, -0.1) is 0 Å². The molecule has 0 spiro atoms. The molecule has 3 rings (SSSR count). The maximum absolute atomic E-state index is 2.54. The molecule has 0 aromatic heterocycles. The summed E-state index contributed by atoms with van der Waals surface area (Å²) in [5.74, 6) is 1.06. The fourth-order valence-electron chi connectivity index (χ4n) is 2.32. The van der Waals surface area contributed by atoms with Gasteiger partial charge in [-0.2, -0.15) is 0 Å². The van der Waals surface area contributed by atoms with Gasteiger partial charge in [0.1, 0.15) is 0 Å². The molecule has 9 heavy (non-hydrogen) atoms. The minimum absolute atomic E-state index is 0.954. The van der Waals surface area contributed by atoms with Crippen LogP contribution >= 0.6 is 0 Å². The zero-order valence-corrected chi connectivity index (χ0v) is 6.14. The summed E-state index contributed by atoms with van der Waals surface area (Å²) in [6, 6.07) is 0.954. The second kappa shape index (κ2) is 1.98. The Kier molecular flexibility index (Phi) is 1.26. The molecule has 0 atom stereocenters. The van der Waals surface area contributed by atoms with Crippen molar-refractivity contribution in [2.45, 2.75) is 31.7 Å². The van der Waals surface area contributed by atoms with Crippen LogP contribution in [0, 0.1) is 5.92 Å². The molecule has 0 aromatic carbocycles. The van der Waals surface area contributed by atoms with Crippen LogP contribution in [0.4, 0.5) is 0 Å². The minimum Gasteiger partial charge on any atom is -0.303 e. The van der Waals surface area contributed by atoms with Gasteiger partial charge in [0.05, 0.1) is 0 Å². The Balaban J connectivity index is 2.06. The van der Waals surface area contributed by atoms with E-state index in [1.54, 1.807) is 0 Å². The lowest BCUT2D eigenvalue weighted by Crippen LogP contribution is -2.45. The predicted molar refractivity (Wildman–Crippen MR) is 38.4 cm³/mol. The van der Waals surface area contributed by atoms with Crippen LogP contribution in [0.5, 0.6) is 0 Å². The van der Waals surface area contributed by atoms with Crippen molar-refractivity contribution in [1.82, 2.24) is 4.90 Å². The van der Waals surface area contributed by atoms with E-state index in [1.165, 1.54) is 32.2 Å². The first kappa shape index (κ1) is 5.72. The summed E-state index contributed by atoms with van der Waals surface area (Å²) in [7, 11) is 2.27. The van der Waals surface area contributed by atoms with Gasteiger partial charge in [0.2, 0.25) is 0 Å². The largest absolute Gasteiger partial charge is 0.303 e. The third kappa shape index (κ3) is 0.877. The van der Waals surface area contributed by atoms with E-state index in [1.807, 2.05) is 0 Å². The van der Waals surface area contributed by atoms with E-state index < -0.39 is 0 Å². The van der Waals surface area contributed by atoms with Gasteiger partial charge in [0.25, 0.3) is 0 Å². The molecule has 0 amide bonds. The van der Waals surface area contributed by atoms with Crippen LogP contribution < -0.4 is 0 Å². The summed E-state index contributed by atoms with van der Waals surface area (Å²) < 4.78 is 0. The van der Waals surface area contributed by atoms with Crippen molar-refractivity contribution in [2.24, 2.45) is 5.92 Å². The van der Waals surface area contributed by atoms with Gasteiger partial charge in [-0.3, -0.25) is 0 Å². The summed E-state index contributed by atoms with van der Waals surface area (Å²) in [5.41, 5.74) is 0. The summed E-state index contributed by atoms with van der Waals surface area (Å²) in [5, 5.41) is 0. The number of rotatable bonds is 0. The van der Waals surface area contributed by atoms with Gasteiger partial charge in [-0.1, -0.05) is 0 Å². The molecule has 0 N–H and O–H groups in total. The van der Waals surface area contributed by atoms with E-state index in [0.717, 1.165) is 12.0 Å². The maximum Gasteiger partial charge on any atom is 0.00925 e. The lowest BCUT2D eigenvalue weighted by atomic mass is 9.80. The van der Waals surface area contributed by atoms with Crippen LogP contribution in [-0.4, -0.2) is 24.5 Å². The molecule has 0 radical (unpaired) electrons. The first-order valence-corrected chi connectivity index (χ1v) is 4.06. The normalized spacial score (nSPS) is 43.7. The lowest BCUT2D eigenvalue weighted by Gasteiger charge is -2.43. The molecule has 52 valence electrons. The number of nitrogens with zero attached hydrogens (tertiary/aromatic N) is 1. The minimum atomic E-state index is 0.954. The molecular weight excluding hydrogens is 110 g/mol. The molecule has 1 nitrogen and oxygen atoms in total. The molecule has 0 aromatic rings. The summed E-state index contributed by atoms with van der Waals surface area (Å²) in [6.07, 6.45) is 5.96. The zero-order chi connectivity index (χ0) is 6.27. The number of piperidine rings is 2. The Morgan fingerprint density at radius 3 is 2.00 bits per heavy atom. The second-order valence-corrected chi connectivity index (χ2v) is 3.61. The van der Waals surface area contributed by atoms with Gasteiger partial charge in [-0.25, -0.2) is 0 Å². The van der Waals surface area contributed by atoms with Crippen LogP contribution in [0.3, 0.4) is 0 Å². The maximum atomic E-state index is 2.54. The van der Waals surface area contributed by atoms with E-state index in [4.69, 9.17) is 0 Å². The van der Waals surface area contributed by atoms with E-state index in [0.29, 0.717) is 0 Å². The standard InChI is InChI=1S/C8H15N/c1-9-6-7-2-4-8(9)5-3-7/h7-8H,2-6H2,1H3/t7-,8+. The molecule has 2 aliphatic heterocycles. The van der Waals surface area contributed by atoms with E-state index in [2.05, 4.69) is 11.9 Å². The Morgan fingerprint density at radius 2 is 1.78 bits per heavy atom. The highest BCUT2D eigenvalue weighted by molar-refractivity contribution is 4.85. The Morgan fingerprint density at radius 1 is 1.11 bits per heavy atom. The van der Waals surface area contributed by atoms with Crippen LogP contribution in [0.15, 0.2) is 0 Å². The highest BCUT2D eigenvalue weighted by atomic mass is 15.1.